The first-order chi connectivity index (χ1) is 16.8. The fraction of sp³-hybridized carbons (Fsp3) is 0.185. The second-order valence-corrected chi connectivity index (χ2v) is 8.38. The molecule has 1 saturated heterocycles. The molecule has 8 heteroatoms. The number of carbonyl (C=O) groups excluding carboxylic acids is 3. The van der Waals surface area contributed by atoms with Crippen LogP contribution >= 0.6 is 0 Å². The van der Waals surface area contributed by atoms with Crippen molar-refractivity contribution in [3.8, 4) is 5.75 Å². The number of ketones is 1. The molecular formula is C27H25N3O5. The van der Waals surface area contributed by atoms with Crippen LogP contribution in [0.3, 0.4) is 0 Å². The number of nitrogens with one attached hydrogen (secondary N) is 1. The van der Waals surface area contributed by atoms with E-state index in [1.165, 1.54) is 11.8 Å². The maximum Gasteiger partial charge on any atom is 0.300 e. The molecule has 178 valence electrons. The van der Waals surface area contributed by atoms with E-state index < -0.39 is 17.7 Å². The topological polar surface area (TPSA) is 109 Å². The van der Waals surface area contributed by atoms with E-state index in [1.54, 1.807) is 73.1 Å². The van der Waals surface area contributed by atoms with Gasteiger partial charge in [-0.3, -0.25) is 24.3 Å². The fourth-order valence-electron chi connectivity index (χ4n) is 4.00. The molecule has 1 aliphatic rings. The van der Waals surface area contributed by atoms with E-state index in [-0.39, 0.29) is 23.3 Å². The maximum absolute atomic E-state index is 13.2. The van der Waals surface area contributed by atoms with Gasteiger partial charge in [0, 0.05) is 36.3 Å². The molecule has 4 rings (SSSR count). The summed E-state index contributed by atoms with van der Waals surface area (Å²) < 4.78 is 5.72. The molecule has 8 nitrogen and oxygen atoms in total. The molecule has 3 aromatic rings. The van der Waals surface area contributed by atoms with Crippen LogP contribution in [0.25, 0.3) is 5.76 Å². The van der Waals surface area contributed by atoms with Crippen LogP contribution in [0.15, 0.2) is 78.6 Å². The van der Waals surface area contributed by atoms with E-state index in [2.05, 4.69) is 10.3 Å². The molecule has 2 aromatic carbocycles. The zero-order valence-electron chi connectivity index (χ0n) is 19.6. The zero-order valence-corrected chi connectivity index (χ0v) is 19.6. The normalized spacial score (nSPS) is 17.0. The Kier molecular flexibility index (Phi) is 6.64. The molecule has 35 heavy (non-hydrogen) atoms. The minimum atomic E-state index is -0.898. The Morgan fingerprint density at radius 2 is 1.83 bits per heavy atom. The second-order valence-electron chi connectivity index (χ2n) is 8.38. The Labute approximate surface area is 202 Å². The summed E-state index contributed by atoms with van der Waals surface area (Å²) in [6.07, 6.45) is 3.07. The Morgan fingerprint density at radius 3 is 2.46 bits per heavy atom. The first-order valence-corrected chi connectivity index (χ1v) is 11.1. The number of ether oxygens (including phenoxy) is 1. The van der Waals surface area contributed by atoms with Crippen LogP contribution in [0.5, 0.6) is 5.75 Å². The third-order valence-corrected chi connectivity index (χ3v) is 5.39. The molecule has 0 radical (unpaired) electrons. The van der Waals surface area contributed by atoms with Gasteiger partial charge in [-0.2, -0.15) is 0 Å². The van der Waals surface area contributed by atoms with Gasteiger partial charge in [0.2, 0.25) is 5.91 Å². The third-order valence-electron chi connectivity index (χ3n) is 5.39. The highest BCUT2D eigenvalue weighted by molar-refractivity contribution is 6.51. The van der Waals surface area contributed by atoms with Gasteiger partial charge in [-0.15, -0.1) is 0 Å². The van der Waals surface area contributed by atoms with Crippen LogP contribution in [0, 0.1) is 0 Å². The standard InChI is InChI=1S/C27H25N3O5/c1-16(2)35-22-8-4-6-18(14-22)25(32)23-24(19-7-5-13-28-15-19)30(27(34)26(23)33)21-11-9-20(10-12-21)29-17(3)31/h4-16,24,32H,1-3H3,(H,29,31)/b25-23-. The van der Waals surface area contributed by atoms with Crippen LogP contribution in [0.1, 0.15) is 37.9 Å². The van der Waals surface area contributed by atoms with Gasteiger partial charge in [0.05, 0.1) is 17.7 Å². The van der Waals surface area contributed by atoms with Crippen molar-refractivity contribution < 1.29 is 24.2 Å². The molecule has 0 spiro atoms. The molecule has 1 aromatic heterocycles. The molecule has 2 heterocycles. The van der Waals surface area contributed by atoms with Crippen molar-refractivity contribution in [2.24, 2.45) is 0 Å². The van der Waals surface area contributed by atoms with Gasteiger partial charge >= 0.3 is 0 Å². The summed E-state index contributed by atoms with van der Waals surface area (Å²) in [7, 11) is 0. The number of hydrogen-bond acceptors (Lipinski definition) is 6. The molecule has 1 atom stereocenters. The van der Waals surface area contributed by atoms with E-state index in [4.69, 9.17) is 4.74 Å². The number of aromatic nitrogens is 1. The van der Waals surface area contributed by atoms with Crippen molar-refractivity contribution in [2.45, 2.75) is 32.9 Å². The Morgan fingerprint density at radius 1 is 1.09 bits per heavy atom. The van der Waals surface area contributed by atoms with Crippen LogP contribution < -0.4 is 15.0 Å². The summed E-state index contributed by atoms with van der Waals surface area (Å²) in [6.45, 7) is 5.17. The summed E-state index contributed by atoms with van der Waals surface area (Å²) >= 11 is 0. The second kappa shape index (κ2) is 9.80. The van der Waals surface area contributed by atoms with Crippen molar-refractivity contribution in [3.05, 3.63) is 89.8 Å². The van der Waals surface area contributed by atoms with Gasteiger partial charge in [0.15, 0.2) is 0 Å². The number of aliphatic hydroxyl groups is 1. The van der Waals surface area contributed by atoms with Crippen molar-refractivity contribution in [1.29, 1.82) is 0 Å². The van der Waals surface area contributed by atoms with Crippen molar-refractivity contribution >= 4 is 34.7 Å². The molecule has 0 bridgehead atoms. The number of amides is 2. The SMILES string of the molecule is CC(=O)Nc1ccc(N2C(=O)C(=O)/C(=C(\O)c3cccc(OC(C)C)c3)C2c2cccnc2)cc1. The van der Waals surface area contributed by atoms with E-state index in [0.717, 1.165) is 0 Å². The average Bonchev–Trinajstić information content (AvgIpc) is 3.09. The van der Waals surface area contributed by atoms with Crippen molar-refractivity contribution in [3.63, 3.8) is 0 Å². The Bertz CT molecular complexity index is 1300. The predicted molar refractivity (Wildman–Crippen MR) is 132 cm³/mol. The lowest BCUT2D eigenvalue weighted by atomic mass is 9.96. The number of aliphatic hydroxyl groups excluding tert-OH is 1. The van der Waals surface area contributed by atoms with Crippen LogP contribution in [-0.4, -0.2) is 33.8 Å². The highest BCUT2D eigenvalue weighted by Gasteiger charge is 2.47. The van der Waals surface area contributed by atoms with Crippen molar-refractivity contribution in [1.82, 2.24) is 4.98 Å². The van der Waals surface area contributed by atoms with Gasteiger partial charge in [-0.1, -0.05) is 18.2 Å². The predicted octanol–water partition coefficient (Wildman–Crippen LogP) is 4.45. The molecule has 1 aliphatic heterocycles. The molecular weight excluding hydrogens is 446 g/mol. The quantitative estimate of drug-likeness (QED) is 0.312. The first kappa shape index (κ1) is 23.7. The summed E-state index contributed by atoms with van der Waals surface area (Å²) in [5.41, 5.74) is 1.86. The summed E-state index contributed by atoms with van der Waals surface area (Å²) in [6, 6.07) is 15.8. The number of rotatable bonds is 6. The number of hydrogen-bond donors (Lipinski definition) is 2. The molecule has 1 fully saturated rings. The number of anilines is 2. The van der Waals surface area contributed by atoms with E-state index in [0.29, 0.717) is 28.3 Å². The minimum Gasteiger partial charge on any atom is -0.507 e. The largest absolute Gasteiger partial charge is 0.507 e. The van der Waals surface area contributed by atoms with Gasteiger partial charge in [-0.05, 0) is 61.9 Å². The number of nitrogens with zero attached hydrogens (tertiary/aromatic N) is 2. The number of carbonyl (C=O) groups is 3. The maximum atomic E-state index is 13.2. The number of benzene rings is 2. The van der Waals surface area contributed by atoms with Gasteiger partial charge in [-0.25, -0.2) is 0 Å². The molecule has 2 N–H and O–H groups in total. The van der Waals surface area contributed by atoms with E-state index in [1.807, 2.05) is 13.8 Å². The fourth-order valence-corrected chi connectivity index (χ4v) is 4.00. The van der Waals surface area contributed by atoms with E-state index >= 15 is 0 Å². The summed E-state index contributed by atoms with van der Waals surface area (Å²) in [5, 5.41) is 13.9. The highest BCUT2D eigenvalue weighted by Crippen LogP contribution is 2.42. The third kappa shape index (κ3) is 4.91. The smallest absolute Gasteiger partial charge is 0.300 e. The van der Waals surface area contributed by atoms with Gasteiger partial charge in [0.25, 0.3) is 11.7 Å². The molecule has 1 unspecified atom stereocenters. The van der Waals surface area contributed by atoms with Crippen LogP contribution in [0.2, 0.25) is 0 Å². The highest BCUT2D eigenvalue weighted by atomic mass is 16.5. The number of pyridine rings is 1. The zero-order chi connectivity index (χ0) is 25.1. The monoisotopic (exact) mass is 471 g/mol. The average molecular weight is 472 g/mol. The Hall–Kier alpha value is -4.46. The summed E-state index contributed by atoms with van der Waals surface area (Å²) in [5.74, 6) is -1.58. The molecule has 0 saturated carbocycles. The summed E-state index contributed by atoms with van der Waals surface area (Å²) in [4.78, 5) is 43.3. The van der Waals surface area contributed by atoms with Gasteiger partial charge < -0.3 is 15.2 Å². The Balaban J connectivity index is 1.84. The number of Topliss-reactive ketones (excluding diaryl/α,β-unsaturated/α-hetero) is 1. The van der Waals surface area contributed by atoms with Gasteiger partial charge in [0.1, 0.15) is 11.5 Å². The van der Waals surface area contributed by atoms with E-state index in [9.17, 15) is 19.5 Å². The lowest BCUT2D eigenvalue weighted by molar-refractivity contribution is -0.132. The lowest BCUT2D eigenvalue weighted by Crippen LogP contribution is -2.29. The lowest BCUT2D eigenvalue weighted by Gasteiger charge is -2.25. The van der Waals surface area contributed by atoms with Crippen LogP contribution in [-0.2, 0) is 14.4 Å². The molecule has 0 aliphatic carbocycles. The van der Waals surface area contributed by atoms with Crippen molar-refractivity contribution in [2.75, 3.05) is 10.2 Å². The molecule has 2 amide bonds. The first-order valence-electron chi connectivity index (χ1n) is 11.1. The minimum absolute atomic E-state index is 0.0457. The van der Waals surface area contributed by atoms with Crippen LogP contribution in [0.4, 0.5) is 11.4 Å².